The maximum absolute atomic E-state index is 13.6. The summed E-state index contributed by atoms with van der Waals surface area (Å²) in [5, 5.41) is 3.91. The van der Waals surface area contributed by atoms with Crippen molar-refractivity contribution in [3.63, 3.8) is 0 Å². The molecule has 3 amide bonds. The van der Waals surface area contributed by atoms with Crippen LogP contribution < -0.4 is 5.32 Å². The molecule has 1 heterocycles. The Morgan fingerprint density at radius 2 is 1.86 bits per heavy atom. The quantitative estimate of drug-likeness (QED) is 0.345. The molecule has 1 aromatic heterocycles. The van der Waals surface area contributed by atoms with Gasteiger partial charge in [-0.05, 0) is 48.9 Å². The molecule has 37 heavy (non-hydrogen) atoms. The van der Waals surface area contributed by atoms with Crippen molar-refractivity contribution in [3.8, 4) is 0 Å². The van der Waals surface area contributed by atoms with Gasteiger partial charge in [0, 0.05) is 56.3 Å². The van der Waals surface area contributed by atoms with Crippen LogP contribution in [-0.4, -0.2) is 65.7 Å². The third-order valence-electron chi connectivity index (χ3n) is 6.84. The molecule has 1 saturated carbocycles. The summed E-state index contributed by atoms with van der Waals surface area (Å²) in [5.41, 5.74) is 2.07. The lowest BCUT2D eigenvalue weighted by molar-refractivity contribution is -0.133. The van der Waals surface area contributed by atoms with Crippen LogP contribution in [0.25, 0.3) is 0 Å². The summed E-state index contributed by atoms with van der Waals surface area (Å²) in [4.78, 5) is 30.3. The lowest BCUT2D eigenvalue weighted by Crippen LogP contribution is -2.50. The van der Waals surface area contributed by atoms with E-state index in [9.17, 15) is 9.59 Å². The molecule has 0 saturated heterocycles. The summed E-state index contributed by atoms with van der Waals surface area (Å²) in [7, 11) is 1.65. The van der Waals surface area contributed by atoms with Crippen LogP contribution in [-0.2, 0) is 22.6 Å². The molecule has 1 aliphatic carbocycles. The van der Waals surface area contributed by atoms with Gasteiger partial charge in [0.1, 0.15) is 6.54 Å². The third-order valence-corrected chi connectivity index (χ3v) is 7.20. The number of hydrogen-bond donors (Lipinski definition) is 1. The maximum atomic E-state index is 13.6. The number of methoxy groups -OCH3 is 1. The number of carbonyl (C=O) groups excluding carboxylic acids is 2. The number of rotatable bonds is 13. The van der Waals surface area contributed by atoms with Gasteiger partial charge in [0.25, 0.3) is 0 Å². The fourth-order valence-corrected chi connectivity index (χ4v) is 5.07. The number of amides is 3. The molecule has 7 nitrogen and oxygen atoms in total. The van der Waals surface area contributed by atoms with Gasteiger partial charge < -0.3 is 24.4 Å². The van der Waals surface area contributed by atoms with Gasteiger partial charge in [-0.3, -0.25) is 4.79 Å². The molecule has 1 N–H and O–H groups in total. The van der Waals surface area contributed by atoms with Gasteiger partial charge in [0.2, 0.25) is 5.91 Å². The second-order valence-corrected chi connectivity index (χ2v) is 10.8. The highest BCUT2D eigenvalue weighted by molar-refractivity contribution is 6.31. The molecule has 0 spiro atoms. The monoisotopic (exact) mass is 530 g/mol. The minimum Gasteiger partial charge on any atom is -0.385 e. The van der Waals surface area contributed by atoms with E-state index in [1.54, 1.807) is 12.0 Å². The molecule has 3 rings (SSSR count). The highest BCUT2D eigenvalue weighted by atomic mass is 35.5. The molecule has 0 atom stereocenters. The number of hydrogen-bond acceptors (Lipinski definition) is 3. The van der Waals surface area contributed by atoms with Crippen molar-refractivity contribution in [1.29, 1.82) is 0 Å². The van der Waals surface area contributed by atoms with Crippen molar-refractivity contribution in [2.75, 3.05) is 33.4 Å². The van der Waals surface area contributed by atoms with Crippen molar-refractivity contribution in [2.24, 2.45) is 5.92 Å². The summed E-state index contributed by atoms with van der Waals surface area (Å²) in [5.74, 6) is 0.254. The van der Waals surface area contributed by atoms with E-state index in [1.165, 1.54) is 6.42 Å². The first kappa shape index (κ1) is 29.1. The average molecular weight is 531 g/mol. The number of nitrogens with zero attached hydrogens (tertiary/aromatic N) is 3. The van der Waals surface area contributed by atoms with Crippen LogP contribution in [0.5, 0.6) is 0 Å². The van der Waals surface area contributed by atoms with Crippen molar-refractivity contribution < 1.29 is 14.3 Å². The normalized spacial score (nSPS) is 14.1. The van der Waals surface area contributed by atoms with Crippen LogP contribution >= 0.6 is 11.6 Å². The summed E-state index contributed by atoms with van der Waals surface area (Å²) in [6.07, 6.45) is 8.23. The fourth-order valence-electron chi connectivity index (χ4n) is 4.88. The number of benzene rings is 1. The summed E-state index contributed by atoms with van der Waals surface area (Å²) >= 11 is 6.40. The van der Waals surface area contributed by atoms with E-state index >= 15 is 0 Å². The van der Waals surface area contributed by atoms with E-state index < -0.39 is 0 Å². The summed E-state index contributed by atoms with van der Waals surface area (Å²) < 4.78 is 7.33. The van der Waals surface area contributed by atoms with Crippen molar-refractivity contribution >= 4 is 23.5 Å². The lowest BCUT2D eigenvalue weighted by atomic mass is 9.96. The standard InChI is InChI=1S/C29H43ClN4O3/c1-23(2)19-34(21-26-14-9-16-32(26)20-24-11-7-8-15-27(24)30)28(35)22-33(17-10-18-37-3)29(36)31-25-12-5-4-6-13-25/h7-9,11,14-16,23,25H,4-6,10,12-13,17-22H2,1-3H3,(H,31,36). The molecule has 2 aromatic rings. The van der Waals surface area contributed by atoms with E-state index in [-0.39, 0.29) is 24.5 Å². The minimum atomic E-state index is -0.150. The van der Waals surface area contributed by atoms with Crippen LogP contribution in [0, 0.1) is 5.92 Å². The minimum absolute atomic E-state index is 0.0459. The smallest absolute Gasteiger partial charge is 0.318 e. The third kappa shape index (κ3) is 9.38. The maximum Gasteiger partial charge on any atom is 0.318 e. The van der Waals surface area contributed by atoms with Crippen molar-refractivity contribution in [1.82, 2.24) is 19.7 Å². The van der Waals surface area contributed by atoms with Gasteiger partial charge in [0.15, 0.2) is 0 Å². The first-order valence-corrected chi connectivity index (χ1v) is 13.9. The molecular weight excluding hydrogens is 488 g/mol. The Bertz CT molecular complexity index is 987. The van der Waals surface area contributed by atoms with Crippen LogP contribution in [0.4, 0.5) is 4.79 Å². The molecular formula is C29H43ClN4O3. The molecule has 0 aliphatic heterocycles. The van der Waals surface area contributed by atoms with E-state index in [0.29, 0.717) is 45.1 Å². The molecule has 1 aromatic carbocycles. The number of halogens is 1. The number of nitrogens with one attached hydrogen (secondary N) is 1. The predicted octanol–water partition coefficient (Wildman–Crippen LogP) is 5.56. The SMILES string of the molecule is COCCCN(CC(=O)N(Cc1cccn1Cc1ccccc1Cl)CC(C)C)C(=O)NC1CCCCC1. The number of carbonyl (C=O) groups is 2. The van der Waals surface area contributed by atoms with Crippen LogP contribution in [0.3, 0.4) is 0 Å². The highest BCUT2D eigenvalue weighted by Crippen LogP contribution is 2.19. The van der Waals surface area contributed by atoms with Crippen LogP contribution in [0.2, 0.25) is 5.02 Å². The molecule has 8 heteroatoms. The highest BCUT2D eigenvalue weighted by Gasteiger charge is 2.25. The zero-order chi connectivity index (χ0) is 26.6. The zero-order valence-corrected chi connectivity index (χ0v) is 23.4. The van der Waals surface area contributed by atoms with Crippen LogP contribution in [0.1, 0.15) is 63.6 Å². The van der Waals surface area contributed by atoms with Gasteiger partial charge >= 0.3 is 6.03 Å². The Labute approximate surface area is 227 Å². The van der Waals surface area contributed by atoms with Crippen molar-refractivity contribution in [3.05, 3.63) is 58.9 Å². The first-order chi connectivity index (χ1) is 17.9. The van der Waals surface area contributed by atoms with Gasteiger partial charge in [-0.1, -0.05) is 62.9 Å². The number of ether oxygens (including phenoxy) is 1. The fraction of sp³-hybridized carbons (Fsp3) is 0.586. The Morgan fingerprint density at radius 1 is 1.11 bits per heavy atom. The molecule has 0 bridgehead atoms. The van der Waals surface area contributed by atoms with E-state index in [0.717, 1.165) is 42.0 Å². The topological polar surface area (TPSA) is 66.8 Å². The predicted molar refractivity (Wildman–Crippen MR) is 149 cm³/mol. The van der Waals surface area contributed by atoms with Crippen LogP contribution in [0.15, 0.2) is 42.6 Å². The van der Waals surface area contributed by atoms with Gasteiger partial charge in [-0.25, -0.2) is 4.79 Å². The Balaban J connectivity index is 1.70. The lowest BCUT2D eigenvalue weighted by Gasteiger charge is -2.31. The van der Waals surface area contributed by atoms with E-state index in [4.69, 9.17) is 16.3 Å². The van der Waals surface area contributed by atoms with E-state index in [1.807, 2.05) is 47.5 Å². The van der Waals surface area contributed by atoms with E-state index in [2.05, 4.69) is 23.7 Å². The number of urea groups is 1. The van der Waals surface area contributed by atoms with Gasteiger partial charge in [-0.15, -0.1) is 0 Å². The first-order valence-electron chi connectivity index (χ1n) is 13.6. The molecule has 0 radical (unpaired) electrons. The Kier molecular flexibility index (Phi) is 11.8. The number of aromatic nitrogens is 1. The van der Waals surface area contributed by atoms with Gasteiger partial charge in [0.05, 0.1) is 6.54 Å². The summed E-state index contributed by atoms with van der Waals surface area (Å²) in [6, 6.07) is 11.9. The zero-order valence-electron chi connectivity index (χ0n) is 22.6. The molecule has 1 aliphatic rings. The largest absolute Gasteiger partial charge is 0.385 e. The Morgan fingerprint density at radius 3 is 2.57 bits per heavy atom. The second-order valence-electron chi connectivity index (χ2n) is 10.4. The van der Waals surface area contributed by atoms with Gasteiger partial charge in [-0.2, -0.15) is 0 Å². The molecule has 204 valence electrons. The average Bonchev–Trinajstić information content (AvgIpc) is 3.31. The molecule has 0 unspecified atom stereocenters. The van der Waals surface area contributed by atoms with Crippen molar-refractivity contribution in [2.45, 2.75) is 71.5 Å². The summed E-state index contributed by atoms with van der Waals surface area (Å²) in [6.45, 7) is 7.03. The second kappa shape index (κ2) is 15.0. The molecule has 1 fully saturated rings. The Hall–Kier alpha value is -2.51.